The molecule has 1 aromatic carbocycles. The Bertz CT molecular complexity index is 517. The average Bonchev–Trinajstić information content (AvgIpc) is 2.39. The number of hydrogen-bond donors (Lipinski definition) is 1. The van der Waals surface area contributed by atoms with Crippen molar-refractivity contribution >= 4 is 23.4 Å². The lowest BCUT2D eigenvalue weighted by Crippen LogP contribution is -2.33. The number of benzene rings is 1. The van der Waals surface area contributed by atoms with E-state index in [9.17, 15) is 18.0 Å². The van der Waals surface area contributed by atoms with E-state index in [1.807, 2.05) is 6.08 Å². The number of carbonyl (C=O) groups is 1. The van der Waals surface area contributed by atoms with Crippen LogP contribution in [0.2, 0.25) is 5.02 Å². The molecule has 1 aliphatic heterocycles. The second-order valence-electron chi connectivity index (χ2n) is 4.26. The van der Waals surface area contributed by atoms with Gasteiger partial charge in [0.2, 0.25) is 6.10 Å². The summed E-state index contributed by atoms with van der Waals surface area (Å²) in [6.45, 7) is 5.69. The van der Waals surface area contributed by atoms with E-state index in [2.05, 4.69) is 23.6 Å². The highest BCUT2D eigenvalue weighted by atomic mass is 35.5. The topological polar surface area (TPSA) is 38.3 Å². The highest BCUT2D eigenvalue weighted by molar-refractivity contribution is 6.30. The van der Waals surface area contributed by atoms with Crippen LogP contribution in [0.5, 0.6) is 0 Å². The third kappa shape index (κ3) is 4.97. The number of cyclic esters (lactones) is 1. The molecule has 0 aliphatic carbocycles. The predicted octanol–water partition coefficient (Wildman–Crippen LogP) is 5.48. The van der Waals surface area contributed by atoms with Gasteiger partial charge in [-0.3, -0.25) is 5.32 Å². The Balaban J connectivity index is 0.000000383. The third-order valence-corrected chi connectivity index (χ3v) is 2.78. The summed E-state index contributed by atoms with van der Waals surface area (Å²) in [7, 11) is 0. The molecule has 116 valence electrons. The number of unbranched alkanes of at least 4 members (excludes halogenated alkanes) is 1. The Kier molecular flexibility index (Phi) is 6.08. The van der Waals surface area contributed by atoms with Crippen LogP contribution in [-0.2, 0) is 4.74 Å². The van der Waals surface area contributed by atoms with Crippen molar-refractivity contribution in [3.8, 4) is 0 Å². The van der Waals surface area contributed by atoms with E-state index in [4.69, 9.17) is 11.6 Å². The maximum atomic E-state index is 12.6. The van der Waals surface area contributed by atoms with Crippen molar-refractivity contribution in [3.63, 3.8) is 0 Å². The number of amides is 1. The zero-order chi connectivity index (χ0) is 16.0. The molecule has 0 unspecified atom stereocenters. The van der Waals surface area contributed by atoms with Gasteiger partial charge in [0.15, 0.2) is 0 Å². The van der Waals surface area contributed by atoms with Crippen LogP contribution in [0.3, 0.4) is 0 Å². The second kappa shape index (κ2) is 7.36. The third-order valence-electron chi connectivity index (χ3n) is 2.55. The van der Waals surface area contributed by atoms with Crippen LogP contribution in [0.15, 0.2) is 30.9 Å². The molecule has 1 atom stereocenters. The minimum Gasteiger partial charge on any atom is -0.431 e. The Morgan fingerprint density at radius 3 is 2.62 bits per heavy atom. The van der Waals surface area contributed by atoms with Gasteiger partial charge in [0.1, 0.15) is 0 Å². The number of nitrogens with one attached hydrogen (secondary N) is 1. The van der Waals surface area contributed by atoms with E-state index in [1.165, 1.54) is 18.6 Å². The maximum absolute atomic E-state index is 12.6. The van der Waals surface area contributed by atoms with Crippen LogP contribution < -0.4 is 5.32 Å². The summed E-state index contributed by atoms with van der Waals surface area (Å²) in [6.07, 6.45) is -3.74. The summed E-state index contributed by atoms with van der Waals surface area (Å²) in [5.41, 5.74) is -0.137. The molecule has 1 heterocycles. The smallest absolute Gasteiger partial charge is 0.430 e. The molecule has 1 N–H and O–H groups in total. The van der Waals surface area contributed by atoms with E-state index in [1.54, 1.807) is 0 Å². The zero-order valence-electron chi connectivity index (χ0n) is 11.3. The van der Waals surface area contributed by atoms with Crippen molar-refractivity contribution in [1.29, 1.82) is 0 Å². The van der Waals surface area contributed by atoms with Gasteiger partial charge in [-0.1, -0.05) is 31.0 Å². The molecular formula is C14H15ClF3NO2. The van der Waals surface area contributed by atoms with Gasteiger partial charge in [-0.25, -0.2) is 4.79 Å². The summed E-state index contributed by atoms with van der Waals surface area (Å²) in [5.74, 6) is 0. The number of ether oxygens (including phenoxy) is 1. The van der Waals surface area contributed by atoms with E-state index < -0.39 is 18.4 Å². The summed E-state index contributed by atoms with van der Waals surface area (Å²) < 4.78 is 41.9. The van der Waals surface area contributed by atoms with Gasteiger partial charge in [0, 0.05) is 10.6 Å². The largest absolute Gasteiger partial charge is 0.431 e. The molecule has 0 fully saturated rings. The number of rotatable bonds is 2. The van der Waals surface area contributed by atoms with Crippen molar-refractivity contribution in [2.75, 3.05) is 5.32 Å². The van der Waals surface area contributed by atoms with E-state index in [0.29, 0.717) is 0 Å². The molecule has 0 saturated heterocycles. The first-order valence-corrected chi connectivity index (χ1v) is 6.62. The van der Waals surface area contributed by atoms with Crippen LogP contribution in [0.25, 0.3) is 0 Å². The Morgan fingerprint density at radius 1 is 1.48 bits per heavy atom. The molecule has 1 aliphatic rings. The number of carbonyl (C=O) groups excluding carboxylic acids is 1. The normalized spacial score (nSPS) is 16.8. The molecule has 3 nitrogen and oxygen atoms in total. The fraction of sp³-hybridized carbons (Fsp3) is 0.357. The van der Waals surface area contributed by atoms with Crippen molar-refractivity contribution in [2.45, 2.75) is 32.0 Å². The average molecular weight is 322 g/mol. The van der Waals surface area contributed by atoms with Crippen molar-refractivity contribution in [3.05, 3.63) is 41.4 Å². The second-order valence-corrected chi connectivity index (χ2v) is 4.70. The van der Waals surface area contributed by atoms with Crippen LogP contribution in [-0.4, -0.2) is 12.3 Å². The summed E-state index contributed by atoms with van der Waals surface area (Å²) in [5, 5.41) is 2.32. The molecule has 21 heavy (non-hydrogen) atoms. The first-order valence-electron chi connectivity index (χ1n) is 6.24. The molecule has 1 amide bonds. The number of fused-ring (bicyclic) bond motifs is 1. The van der Waals surface area contributed by atoms with Gasteiger partial charge >= 0.3 is 12.3 Å². The summed E-state index contributed by atoms with van der Waals surface area (Å²) in [4.78, 5) is 10.9. The number of alkyl halides is 3. The highest BCUT2D eigenvalue weighted by Crippen LogP contribution is 2.42. The van der Waals surface area contributed by atoms with E-state index in [0.717, 1.165) is 12.5 Å². The van der Waals surface area contributed by atoms with Gasteiger partial charge in [-0.2, -0.15) is 13.2 Å². The molecule has 0 spiro atoms. The van der Waals surface area contributed by atoms with E-state index in [-0.39, 0.29) is 16.3 Å². The zero-order valence-corrected chi connectivity index (χ0v) is 12.1. The molecule has 0 aromatic heterocycles. The highest BCUT2D eigenvalue weighted by Gasteiger charge is 2.47. The van der Waals surface area contributed by atoms with Crippen molar-refractivity contribution in [2.24, 2.45) is 0 Å². The van der Waals surface area contributed by atoms with Crippen LogP contribution in [0, 0.1) is 0 Å². The van der Waals surface area contributed by atoms with E-state index >= 15 is 0 Å². The number of allylic oxidation sites excluding steroid dienone is 1. The van der Waals surface area contributed by atoms with Gasteiger partial charge in [-0.05, 0) is 24.6 Å². The van der Waals surface area contributed by atoms with Crippen LogP contribution in [0.4, 0.5) is 23.7 Å². The predicted molar refractivity (Wildman–Crippen MR) is 75.5 cm³/mol. The first kappa shape index (κ1) is 17.4. The number of anilines is 1. The minimum absolute atomic E-state index is 0.0583. The molecule has 2 rings (SSSR count). The molecular weight excluding hydrogens is 307 g/mol. The van der Waals surface area contributed by atoms with Gasteiger partial charge in [0.25, 0.3) is 0 Å². The molecule has 0 bridgehead atoms. The quantitative estimate of drug-likeness (QED) is 0.733. The Hall–Kier alpha value is -1.69. The lowest BCUT2D eigenvalue weighted by atomic mass is 10.1. The maximum Gasteiger partial charge on any atom is 0.430 e. The van der Waals surface area contributed by atoms with Gasteiger partial charge < -0.3 is 4.74 Å². The SMILES string of the molecule is C=CCCC.O=C1Nc2ccc(Cl)cc2[C@@H](C(F)(F)F)O1. The number of hydrogen-bond acceptors (Lipinski definition) is 2. The van der Waals surface area contributed by atoms with Crippen molar-refractivity contribution < 1.29 is 22.7 Å². The first-order chi connectivity index (χ1) is 9.79. The number of halogens is 4. The fourth-order valence-corrected chi connectivity index (χ4v) is 1.80. The lowest BCUT2D eigenvalue weighted by molar-refractivity contribution is -0.206. The molecule has 1 aromatic rings. The molecule has 0 radical (unpaired) electrons. The van der Waals surface area contributed by atoms with Gasteiger partial charge in [-0.15, -0.1) is 6.58 Å². The lowest BCUT2D eigenvalue weighted by Gasteiger charge is -2.27. The Morgan fingerprint density at radius 2 is 2.14 bits per heavy atom. The Labute approximate surface area is 125 Å². The van der Waals surface area contributed by atoms with Crippen molar-refractivity contribution in [1.82, 2.24) is 0 Å². The molecule has 0 saturated carbocycles. The van der Waals surface area contributed by atoms with Gasteiger partial charge in [0.05, 0.1) is 5.69 Å². The van der Waals surface area contributed by atoms with Crippen LogP contribution >= 0.6 is 11.6 Å². The minimum atomic E-state index is -4.66. The summed E-state index contributed by atoms with van der Waals surface area (Å²) in [6, 6.07) is 3.81. The van der Waals surface area contributed by atoms with Crippen LogP contribution in [0.1, 0.15) is 31.4 Å². The summed E-state index contributed by atoms with van der Waals surface area (Å²) >= 11 is 5.59. The monoisotopic (exact) mass is 321 g/mol. The standard InChI is InChI=1S/C9H5ClF3NO2.C5H10/c10-4-1-2-6-5(3-4)7(9(11,12)13)16-8(15)14-6;1-3-5-4-2/h1-3,7H,(H,14,15);3H,1,4-5H2,2H3/t7-;/m0./s1. The molecule has 7 heteroatoms. The fourth-order valence-electron chi connectivity index (χ4n) is 1.62.